The second kappa shape index (κ2) is 5.34. The molecule has 3 nitrogen and oxygen atoms in total. The molecule has 1 N–H and O–H groups in total. The third kappa shape index (κ3) is 2.98. The van der Waals surface area contributed by atoms with Crippen molar-refractivity contribution in [1.29, 1.82) is 0 Å². The van der Waals surface area contributed by atoms with Crippen LogP contribution in [0.4, 0.5) is 0 Å². The second-order valence-corrected chi connectivity index (χ2v) is 7.33. The van der Waals surface area contributed by atoms with Crippen LogP contribution in [0.25, 0.3) is 0 Å². The molecule has 0 bridgehead atoms. The maximum Gasteiger partial charge on any atom is 0.0774 e. The van der Waals surface area contributed by atoms with E-state index in [1.807, 2.05) is 0 Å². The van der Waals surface area contributed by atoms with Gasteiger partial charge >= 0.3 is 0 Å². The van der Waals surface area contributed by atoms with Gasteiger partial charge in [0, 0.05) is 38.3 Å². The van der Waals surface area contributed by atoms with Gasteiger partial charge in [-0.15, -0.1) is 0 Å². The highest BCUT2D eigenvalue weighted by atomic mass is 16.5. The molecule has 3 rings (SSSR count). The zero-order chi connectivity index (χ0) is 13.3. The van der Waals surface area contributed by atoms with Gasteiger partial charge < -0.3 is 9.84 Å². The van der Waals surface area contributed by atoms with Gasteiger partial charge in [0.05, 0.1) is 5.60 Å². The summed E-state index contributed by atoms with van der Waals surface area (Å²) >= 11 is 0. The molecule has 3 aliphatic rings. The fraction of sp³-hybridized carbons (Fsp3) is 1.00. The normalized spacial score (nSPS) is 39.2. The van der Waals surface area contributed by atoms with Gasteiger partial charge in [-0.1, -0.05) is 13.3 Å². The molecule has 0 unspecified atom stereocenters. The van der Waals surface area contributed by atoms with Crippen molar-refractivity contribution >= 4 is 0 Å². The molecule has 110 valence electrons. The van der Waals surface area contributed by atoms with E-state index in [9.17, 15) is 5.11 Å². The van der Waals surface area contributed by atoms with Gasteiger partial charge in [0.25, 0.3) is 0 Å². The Hall–Kier alpha value is -0.120. The Bertz CT molecular complexity index is 296. The average molecular weight is 267 g/mol. The van der Waals surface area contributed by atoms with E-state index in [1.165, 1.54) is 45.2 Å². The fourth-order valence-corrected chi connectivity index (χ4v) is 4.33. The van der Waals surface area contributed by atoms with Crippen LogP contribution in [0, 0.1) is 11.3 Å². The van der Waals surface area contributed by atoms with Crippen molar-refractivity contribution in [3.05, 3.63) is 0 Å². The molecule has 3 heteroatoms. The molecule has 19 heavy (non-hydrogen) atoms. The summed E-state index contributed by atoms with van der Waals surface area (Å²) in [5.74, 6) is 0.860. The van der Waals surface area contributed by atoms with Crippen molar-refractivity contribution in [2.75, 3.05) is 32.8 Å². The fourth-order valence-electron chi connectivity index (χ4n) is 4.33. The van der Waals surface area contributed by atoms with Crippen LogP contribution in [0.3, 0.4) is 0 Å². The van der Waals surface area contributed by atoms with Crippen LogP contribution in [0.1, 0.15) is 51.9 Å². The lowest BCUT2D eigenvalue weighted by Crippen LogP contribution is -2.62. The maximum absolute atomic E-state index is 10.7. The third-order valence-electron chi connectivity index (χ3n) is 5.80. The van der Waals surface area contributed by atoms with Crippen molar-refractivity contribution in [2.24, 2.45) is 11.3 Å². The van der Waals surface area contributed by atoms with E-state index in [4.69, 9.17) is 4.74 Å². The topological polar surface area (TPSA) is 32.7 Å². The molecule has 1 spiro atoms. The van der Waals surface area contributed by atoms with E-state index in [-0.39, 0.29) is 0 Å². The maximum atomic E-state index is 10.7. The molecule has 0 atom stereocenters. The Morgan fingerprint density at radius 2 is 1.74 bits per heavy atom. The van der Waals surface area contributed by atoms with Crippen molar-refractivity contribution < 1.29 is 9.84 Å². The number of hydrogen-bond donors (Lipinski definition) is 1. The van der Waals surface area contributed by atoms with Gasteiger partial charge in [-0.25, -0.2) is 0 Å². The summed E-state index contributed by atoms with van der Waals surface area (Å²) in [6.07, 6.45) is 8.19. The SMILES string of the molecule is CCC1CCC(O)(CN2CC3(CCOCC3)C2)CC1. The minimum Gasteiger partial charge on any atom is -0.389 e. The van der Waals surface area contributed by atoms with E-state index < -0.39 is 5.60 Å². The van der Waals surface area contributed by atoms with E-state index >= 15 is 0 Å². The molecule has 2 saturated heterocycles. The standard InChI is InChI=1S/C16H29NO2/c1-2-14-3-5-16(18,6-4-14)13-17-11-15(12-17)7-9-19-10-8-15/h14,18H,2-13H2,1H3. The van der Waals surface area contributed by atoms with Crippen LogP contribution in [-0.2, 0) is 4.74 Å². The number of rotatable bonds is 3. The summed E-state index contributed by atoms with van der Waals surface area (Å²) in [5, 5.41) is 10.7. The summed E-state index contributed by atoms with van der Waals surface area (Å²) in [6.45, 7) is 7.45. The first-order chi connectivity index (χ1) is 9.13. The van der Waals surface area contributed by atoms with Gasteiger partial charge in [0.2, 0.25) is 0 Å². The Labute approximate surface area is 117 Å². The summed E-state index contributed by atoms with van der Waals surface area (Å²) in [4.78, 5) is 2.48. The quantitative estimate of drug-likeness (QED) is 0.852. The number of aliphatic hydroxyl groups is 1. The number of β-amino-alcohol motifs (C(OH)–C–C–N with tert-alkyl or cyclic N) is 1. The smallest absolute Gasteiger partial charge is 0.0774 e. The summed E-state index contributed by atoms with van der Waals surface area (Å²) in [6, 6.07) is 0. The summed E-state index contributed by atoms with van der Waals surface area (Å²) in [7, 11) is 0. The van der Waals surface area contributed by atoms with Crippen molar-refractivity contribution in [1.82, 2.24) is 4.90 Å². The van der Waals surface area contributed by atoms with E-state index in [1.54, 1.807) is 0 Å². The summed E-state index contributed by atoms with van der Waals surface area (Å²) in [5.41, 5.74) is 0.147. The van der Waals surface area contributed by atoms with Crippen LogP contribution in [0.15, 0.2) is 0 Å². The molecule has 1 saturated carbocycles. The van der Waals surface area contributed by atoms with Gasteiger partial charge in [-0.2, -0.15) is 0 Å². The summed E-state index contributed by atoms with van der Waals surface area (Å²) < 4.78 is 5.46. The molecule has 2 aliphatic heterocycles. The molecule has 0 aromatic heterocycles. The number of likely N-dealkylation sites (tertiary alicyclic amines) is 1. The van der Waals surface area contributed by atoms with E-state index in [2.05, 4.69) is 11.8 Å². The Balaban J connectivity index is 1.45. The molecular formula is C16H29NO2. The van der Waals surface area contributed by atoms with Gasteiger partial charge in [0.1, 0.15) is 0 Å². The number of ether oxygens (including phenoxy) is 1. The second-order valence-electron chi connectivity index (χ2n) is 7.33. The van der Waals surface area contributed by atoms with Crippen LogP contribution >= 0.6 is 0 Å². The van der Waals surface area contributed by atoms with Crippen LogP contribution in [-0.4, -0.2) is 48.5 Å². The Kier molecular flexibility index (Phi) is 3.89. The lowest BCUT2D eigenvalue weighted by Gasteiger charge is -2.54. The highest BCUT2D eigenvalue weighted by molar-refractivity contribution is 4.99. The first-order valence-electron chi connectivity index (χ1n) is 8.16. The molecule has 1 aliphatic carbocycles. The Morgan fingerprint density at radius 3 is 2.32 bits per heavy atom. The third-order valence-corrected chi connectivity index (χ3v) is 5.80. The van der Waals surface area contributed by atoms with Gasteiger partial charge in [0.15, 0.2) is 0 Å². The first-order valence-corrected chi connectivity index (χ1v) is 8.16. The Morgan fingerprint density at radius 1 is 1.11 bits per heavy atom. The molecule has 0 amide bonds. The molecular weight excluding hydrogens is 238 g/mol. The molecule has 0 aromatic carbocycles. The lowest BCUT2D eigenvalue weighted by molar-refractivity contribution is -0.119. The largest absolute Gasteiger partial charge is 0.389 e. The zero-order valence-electron chi connectivity index (χ0n) is 12.4. The zero-order valence-corrected chi connectivity index (χ0v) is 12.4. The number of nitrogens with zero attached hydrogens (tertiary/aromatic N) is 1. The molecule has 0 aromatic rings. The minimum atomic E-state index is -0.390. The monoisotopic (exact) mass is 267 g/mol. The van der Waals surface area contributed by atoms with Crippen LogP contribution in [0.2, 0.25) is 0 Å². The number of hydrogen-bond acceptors (Lipinski definition) is 3. The predicted molar refractivity (Wildman–Crippen MR) is 76.1 cm³/mol. The van der Waals surface area contributed by atoms with Gasteiger partial charge in [-0.05, 0) is 44.4 Å². The molecule has 0 radical (unpaired) electrons. The van der Waals surface area contributed by atoms with Crippen LogP contribution in [0.5, 0.6) is 0 Å². The molecule has 2 heterocycles. The van der Waals surface area contributed by atoms with Crippen molar-refractivity contribution in [2.45, 2.75) is 57.5 Å². The van der Waals surface area contributed by atoms with E-state index in [0.29, 0.717) is 5.41 Å². The van der Waals surface area contributed by atoms with Gasteiger partial charge in [-0.3, -0.25) is 4.90 Å². The highest BCUT2D eigenvalue weighted by Gasteiger charge is 2.46. The van der Waals surface area contributed by atoms with Crippen molar-refractivity contribution in [3.63, 3.8) is 0 Å². The first kappa shape index (κ1) is 13.8. The van der Waals surface area contributed by atoms with Crippen LogP contribution < -0.4 is 0 Å². The highest BCUT2D eigenvalue weighted by Crippen LogP contribution is 2.42. The predicted octanol–water partition coefficient (Wildman–Crippen LogP) is 2.43. The average Bonchev–Trinajstić information content (AvgIpc) is 2.39. The lowest BCUT2D eigenvalue weighted by atomic mass is 9.71. The van der Waals surface area contributed by atoms with E-state index in [0.717, 1.165) is 38.5 Å². The minimum absolute atomic E-state index is 0.390. The van der Waals surface area contributed by atoms with Crippen molar-refractivity contribution in [3.8, 4) is 0 Å². The molecule has 3 fully saturated rings.